The molecule has 2 atom stereocenters. The standard InChI is InChI=1S/C18H31NO/c1-12-9-10-16(17(20-8)15(12)4)14(3)13(2)11-19-18(5,6)7/h9-10,13-14,19H,11H2,1-8H3. The van der Waals surface area contributed by atoms with Crippen molar-refractivity contribution in [1.82, 2.24) is 5.32 Å². The Balaban J connectivity index is 2.91. The van der Waals surface area contributed by atoms with Gasteiger partial charge in [-0.3, -0.25) is 0 Å². The van der Waals surface area contributed by atoms with Gasteiger partial charge in [0.15, 0.2) is 0 Å². The molecule has 2 unspecified atom stereocenters. The quantitative estimate of drug-likeness (QED) is 0.859. The Labute approximate surface area is 124 Å². The predicted molar refractivity (Wildman–Crippen MR) is 87.8 cm³/mol. The molecule has 1 aromatic carbocycles. The molecule has 0 aliphatic carbocycles. The Bertz CT molecular complexity index is 445. The van der Waals surface area contributed by atoms with Crippen molar-refractivity contribution >= 4 is 0 Å². The lowest BCUT2D eigenvalue weighted by molar-refractivity contribution is 0.349. The molecule has 0 heterocycles. The lowest BCUT2D eigenvalue weighted by atomic mass is 9.86. The molecule has 0 saturated carbocycles. The van der Waals surface area contributed by atoms with Crippen LogP contribution < -0.4 is 10.1 Å². The zero-order valence-corrected chi connectivity index (χ0v) is 14.4. The van der Waals surface area contributed by atoms with Gasteiger partial charge in [-0.2, -0.15) is 0 Å². The van der Waals surface area contributed by atoms with Crippen LogP contribution in [0.25, 0.3) is 0 Å². The fraction of sp³-hybridized carbons (Fsp3) is 0.667. The van der Waals surface area contributed by atoms with E-state index in [0.717, 1.165) is 12.3 Å². The van der Waals surface area contributed by atoms with Crippen molar-refractivity contribution in [2.75, 3.05) is 13.7 Å². The second-order valence-electron chi connectivity index (χ2n) is 7.03. The zero-order chi connectivity index (χ0) is 15.5. The topological polar surface area (TPSA) is 21.3 Å². The van der Waals surface area contributed by atoms with Crippen LogP contribution >= 0.6 is 0 Å². The van der Waals surface area contributed by atoms with Gasteiger partial charge in [0.1, 0.15) is 5.75 Å². The number of hydrogen-bond donors (Lipinski definition) is 1. The van der Waals surface area contributed by atoms with Crippen LogP contribution in [0.3, 0.4) is 0 Å². The maximum Gasteiger partial charge on any atom is 0.125 e. The van der Waals surface area contributed by atoms with E-state index in [1.54, 1.807) is 7.11 Å². The molecule has 0 amide bonds. The molecule has 0 saturated heterocycles. The maximum absolute atomic E-state index is 5.65. The zero-order valence-electron chi connectivity index (χ0n) is 14.4. The summed E-state index contributed by atoms with van der Waals surface area (Å²) in [4.78, 5) is 0. The molecule has 114 valence electrons. The van der Waals surface area contributed by atoms with Gasteiger partial charge in [0.05, 0.1) is 7.11 Å². The van der Waals surface area contributed by atoms with Crippen molar-refractivity contribution < 1.29 is 4.74 Å². The van der Waals surface area contributed by atoms with Gasteiger partial charge in [-0.1, -0.05) is 26.0 Å². The lowest BCUT2D eigenvalue weighted by Crippen LogP contribution is -2.39. The first-order valence-corrected chi connectivity index (χ1v) is 7.56. The van der Waals surface area contributed by atoms with Crippen molar-refractivity contribution in [3.05, 3.63) is 28.8 Å². The van der Waals surface area contributed by atoms with Gasteiger partial charge in [-0.15, -0.1) is 0 Å². The van der Waals surface area contributed by atoms with E-state index in [1.165, 1.54) is 16.7 Å². The molecule has 2 nitrogen and oxygen atoms in total. The van der Waals surface area contributed by atoms with Crippen LogP contribution in [-0.4, -0.2) is 19.2 Å². The van der Waals surface area contributed by atoms with Gasteiger partial charge >= 0.3 is 0 Å². The summed E-state index contributed by atoms with van der Waals surface area (Å²) in [6.07, 6.45) is 0. The summed E-state index contributed by atoms with van der Waals surface area (Å²) < 4.78 is 5.65. The summed E-state index contributed by atoms with van der Waals surface area (Å²) in [5.74, 6) is 2.09. The van der Waals surface area contributed by atoms with Crippen LogP contribution in [0, 0.1) is 19.8 Å². The minimum atomic E-state index is 0.168. The second kappa shape index (κ2) is 6.62. The van der Waals surface area contributed by atoms with Gasteiger partial charge < -0.3 is 10.1 Å². The molecular weight excluding hydrogens is 246 g/mol. The van der Waals surface area contributed by atoms with Crippen LogP contribution in [0.2, 0.25) is 0 Å². The normalized spacial score (nSPS) is 15.0. The first-order chi connectivity index (χ1) is 9.17. The molecule has 2 heteroatoms. The van der Waals surface area contributed by atoms with Crippen LogP contribution in [0.15, 0.2) is 12.1 Å². The maximum atomic E-state index is 5.65. The Kier molecular flexibility index (Phi) is 5.64. The Morgan fingerprint density at radius 2 is 1.75 bits per heavy atom. The number of methoxy groups -OCH3 is 1. The molecule has 1 rings (SSSR count). The summed E-state index contributed by atoms with van der Waals surface area (Å²) in [5, 5.41) is 3.59. The largest absolute Gasteiger partial charge is 0.496 e. The van der Waals surface area contributed by atoms with Crippen LogP contribution in [0.5, 0.6) is 5.75 Å². The monoisotopic (exact) mass is 277 g/mol. The molecule has 0 spiro atoms. The third-order valence-corrected chi connectivity index (χ3v) is 4.21. The van der Waals surface area contributed by atoms with Crippen molar-refractivity contribution in [3.63, 3.8) is 0 Å². The molecule has 0 radical (unpaired) electrons. The average molecular weight is 277 g/mol. The molecule has 0 aliphatic rings. The fourth-order valence-corrected chi connectivity index (χ4v) is 2.39. The van der Waals surface area contributed by atoms with Crippen LogP contribution in [0.4, 0.5) is 0 Å². The van der Waals surface area contributed by atoms with Crippen LogP contribution in [0.1, 0.15) is 57.2 Å². The smallest absolute Gasteiger partial charge is 0.125 e. The summed E-state index contributed by atoms with van der Waals surface area (Å²) in [6, 6.07) is 4.42. The van der Waals surface area contributed by atoms with E-state index in [1.807, 2.05) is 0 Å². The lowest BCUT2D eigenvalue weighted by Gasteiger charge is -2.28. The first kappa shape index (κ1) is 17.0. The minimum absolute atomic E-state index is 0.168. The predicted octanol–water partition coefficient (Wildman–Crippen LogP) is 4.44. The highest BCUT2D eigenvalue weighted by Gasteiger charge is 2.21. The fourth-order valence-electron chi connectivity index (χ4n) is 2.39. The number of aryl methyl sites for hydroxylation is 1. The van der Waals surface area contributed by atoms with Gasteiger partial charge in [-0.25, -0.2) is 0 Å². The number of hydrogen-bond acceptors (Lipinski definition) is 2. The van der Waals surface area contributed by atoms with E-state index < -0.39 is 0 Å². The van der Waals surface area contributed by atoms with Crippen molar-refractivity contribution in [2.45, 2.75) is 59.9 Å². The number of rotatable bonds is 5. The summed E-state index contributed by atoms with van der Waals surface area (Å²) in [7, 11) is 1.77. The molecule has 1 N–H and O–H groups in total. The number of nitrogens with one attached hydrogen (secondary N) is 1. The third kappa shape index (κ3) is 4.24. The van der Waals surface area contributed by atoms with Crippen molar-refractivity contribution in [1.29, 1.82) is 0 Å². The van der Waals surface area contributed by atoms with E-state index >= 15 is 0 Å². The van der Waals surface area contributed by atoms with Gasteiger partial charge in [0.25, 0.3) is 0 Å². The highest BCUT2D eigenvalue weighted by molar-refractivity contribution is 5.47. The van der Waals surface area contributed by atoms with E-state index in [2.05, 4.69) is 65.9 Å². The molecule has 1 aromatic rings. The Morgan fingerprint density at radius 3 is 2.25 bits per heavy atom. The molecule has 20 heavy (non-hydrogen) atoms. The van der Waals surface area contributed by atoms with Gasteiger partial charge in [0.2, 0.25) is 0 Å². The van der Waals surface area contributed by atoms with Crippen LogP contribution in [-0.2, 0) is 0 Å². The minimum Gasteiger partial charge on any atom is -0.496 e. The van der Waals surface area contributed by atoms with Gasteiger partial charge in [-0.05, 0) is 69.7 Å². The SMILES string of the molecule is COc1c(C(C)C(C)CNC(C)(C)C)ccc(C)c1C. The van der Waals surface area contributed by atoms with E-state index in [4.69, 9.17) is 4.74 Å². The van der Waals surface area contributed by atoms with E-state index in [-0.39, 0.29) is 5.54 Å². The average Bonchev–Trinajstić information content (AvgIpc) is 2.37. The van der Waals surface area contributed by atoms with Crippen molar-refractivity contribution in [3.8, 4) is 5.75 Å². The molecule has 0 bridgehead atoms. The Morgan fingerprint density at radius 1 is 1.15 bits per heavy atom. The molecular formula is C18H31NO. The number of ether oxygens (including phenoxy) is 1. The molecule has 0 aliphatic heterocycles. The van der Waals surface area contributed by atoms with E-state index in [0.29, 0.717) is 11.8 Å². The molecule has 0 fully saturated rings. The highest BCUT2D eigenvalue weighted by Crippen LogP contribution is 2.35. The Hall–Kier alpha value is -1.02. The first-order valence-electron chi connectivity index (χ1n) is 7.56. The van der Waals surface area contributed by atoms with E-state index in [9.17, 15) is 0 Å². The van der Waals surface area contributed by atoms with Crippen molar-refractivity contribution in [2.24, 2.45) is 5.92 Å². The summed E-state index contributed by atoms with van der Waals surface area (Å²) in [5.41, 5.74) is 4.03. The second-order valence-corrected chi connectivity index (χ2v) is 7.03. The third-order valence-electron chi connectivity index (χ3n) is 4.21. The molecule has 0 aromatic heterocycles. The summed E-state index contributed by atoms with van der Waals surface area (Å²) >= 11 is 0. The highest BCUT2D eigenvalue weighted by atomic mass is 16.5. The number of benzene rings is 1. The van der Waals surface area contributed by atoms with Gasteiger partial charge in [0, 0.05) is 5.54 Å². The summed E-state index contributed by atoms with van der Waals surface area (Å²) in [6.45, 7) is 16.5.